The Balaban J connectivity index is 1.95. The molecule has 0 aromatic heterocycles. The molecule has 1 saturated heterocycles. The van der Waals surface area contributed by atoms with Gasteiger partial charge < -0.3 is 10.1 Å². The zero-order valence-corrected chi connectivity index (χ0v) is 12.4. The molecule has 19 heavy (non-hydrogen) atoms. The van der Waals surface area contributed by atoms with Gasteiger partial charge in [-0.05, 0) is 18.4 Å². The minimum Gasteiger partial charge on any atom is -0.496 e. The summed E-state index contributed by atoms with van der Waals surface area (Å²) < 4.78 is 5.44. The summed E-state index contributed by atoms with van der Waals surface area (Å²) in [5.74, 6) is 1.75. The molecule has 1 aromatic carbocycles. The fraction of sp³-hybridized carbons (Fsp3) is 0.625. The van der Waals surface area contributed by atoms with Crippen molar-refractivity contribution in [3.63, 3.8) is 0 Å². The molecule has 0 spiro atoms. The molecule has 1 aliphatic heterocycles. The number of para-hydroxylation sites is 1. The van der Waals surface area contributed by atoms with Crippen LogP contribution in [0, 0.1) is 5.92 Å². The number of methoxy groups -OCH3 is 1. The summed E-state index contributed by atoms with van der Waals surface area (Å²) >= 11 is 0. The summed E-state index contributed by atoms with van der Waals surface area (Å²) in [5.41, 5.74) is 1.29. The van der Waals surface area contributed by atoms with E-state index in [-0.39, 0.29) is 0 Å². The molecule has 1 aliphatic rings. The van der Waals surface area contributed by atoms with Crippen molar-refractivity contribution in [2.24, 2.45) is 5.92 Å². The highest BCUT2D eigenvalue weighted by molar-refractivity contribution is 5.33. The van der Waals surface area contributed by atoms with E-state index in [1.165, 1.54) is 12.0 Å². The van der Waals surface area contributed by atoms with Gasteiger partial charge in [0.05, 0.1) is 7.11 Å². The summed E-state index contributed by atoms with van der Waals surface area (Å²) in [5, 5.41) is 3.62. The lowest BCUT2D eigenvalue weighted by Crippen LogP contribution is -2.50. The van der Waals surface area contributed by atoms with E-state index in [2.05, 4.69) is 36.2 Å². The molecule has 2 rings (SSSR count). The summed E-state index contributed by atoms with van der Waals surface area (Å²) in [7, 11) is 1.75. The third-order valence-electron chi connectivity index (χ3n) is 3.68. The van der Waals surface area contributed by atoms with E-state index in [1.54, 1.807) is 7.11 Å². The summed E-state index contributed by atoms with van der Waals surface area (Å²) in [6, 6.07) is 8.96. The second-order valence-electron chi connectivity index (χ2n) is 5.83. The van der Waals surface area contributed by atoms with Crippen LogP contribution in [0.1, 0.15) is 25.8 Å². The number of ether oxygens (including phenoxy) is 1. The summed E-state index contributed by atoms with van der Waals surface area (Å²) in [6.45, 7) is 8.91. The molecule has 3 heteroatoms. The van der Waals surface area contributed by atoms with Gasteiger partial charge >= 0.3 is 0 Å². The Kier molecular flexibility index (Phi) is 5.23. The summed E-state index contributed by atoms with van der Waals surface area (Å²) in [4.78, 5) is 2.53. The zero-order valence-electron chi connectivity index (χ0n) is 12.4. The summed E-state index contributed by atoms with van der Waals surface area (Å²) in [6.07, 6.45) is 1.25. The van der Waals surface area contributed by atoms with E-state index < -0.39 is 0 Å². The minimum absolute atomic E-state index is 0.628. The number of hydrogen-bond acceptors (Lipinski definition) is 3. The van der Waals surface area contributed by atoms with Gasteiger partial charge in [0.2, 0.25) is 0 Å². The number of benzene rings is 1. The van der Waals surface area contributed by atoms with Gasteiger partial charge in [-0.25, -0.2) is 0 Å². The van der Waals surface area contributed by atoms with Gasteiger partial charge in [-0.3, -0.25) is 4.90 Å². The van der Waals surface area contributed by atoms with Crippen LogP contribution in [0.2, 0.25) is 0 Å². The maximum atomic E-state index is 5.44. The van der Waals surface area contributed by atoms with Crippen molar-refractivity contribution in [3.05, 3.63) is 29.8 Å². The second kappa shape index (κ2) is 6.92. The predicted molar refractivity (Wildman–Crippen MR) is 79.5 cm³/mol. The van der Waals surface area contributed by atoms with Gasteiger partial charge in [-0.15, -0.1) is 0 Å². The Labute approximate surface area is 116 Å². The molecular weight excluding hydrogens is 236 g/mol. The van der Waals surface area contributed by atoms with Gasteiger partial charge in [-0.1, -0.05) is 32.0 Å². The van der Waals surface area contributed by atoms with Crippen LogP contribution in [0.25, 0.3) is 0 Å². The number of nitrogens with one attached hydrogen (secondary N) is 1. The molecule has 0 saturated carbocycles. The van der Waals surface area contributed by atoms with E-state index in [4.69, 9.17) is 4.74 Å². The van der Waals surface area contributed by atoms with Crippen LogP contribution >= 0.6 is 0 Å². The Morgan fingerprint density at radius 1 is 1.37 bits per heavy atom. The Hall–Kier alpha value is -1.06. The fourth-order valence-corrected chi connectivity index (χ4v) is 2.84. The lowest BCUT2D eigenvalue weighted by atomic mass is 10.0. The van der Waals surface area contributed by atoms with Crippen LogP contribution in [-0.2, 0) is 6.54 Å². The number of rotatable bonds is 5. The molecule has 3 nitrogen and oxygen atoms in total. The molecule has 0 bridgehead atoms. The van der Waals surface area contributed by atoms with Gasteiger partial charge in [0.1, 0.15) is 5.75 Å². The van der Waals surface area contributed by atoms with E-state index in [0.29, 0.717) is 6.04 Å². The van der Waals surface area contributed by atoms with Crippen LogP contribution in [0.5, 0.6) is 5.75 Å². The van der Waals surface area contributed by atoms with Crippen molar-refractivity contribution >= 4 is 0 Å². The number of hydrogen-bond donors (Lipinski definition) is 1. The first kappa shape index (κ1) is 14.4. The SMILES string of the molecule is COc1ccccc1CN1CCNC(CC(C)C)C1. The van der Waals surface area contributed by atoms with Crippen LogP contribution in [0.3, 0.4) is 0 Å². The molecule has 1 fully saturated rings. The molecule has 1 unspecified atom stereocenters. The first-order valence-electron chi connectivity index (χ1n) is 7.26. The minimum atomic E-state index is 0.628. The average Bonchev–Trinajstić information content (AvgIpc) is 2.39. The average molecular weight is 262 g/mol. The standard InChI is InChI=1S/C16H26N2O/c1-13(2)10-15-12-18(9-8-17-15)11-14-6-4-5-7-16(14)19-3/h4-7,13,15,17H,8-12H2,1-3H3. The van der Waals surface area contributed by atoms with E-state index >= 15 is 0 Å². The van der Waals surface area contributed by atoms with Crippen LogP contribution in [0.4, 0.5) is 0 Å². The lowest BCUT2D eigenvalue weighted by Gasteiger charge is -2.34. The van der Waals surface area contributed by atoms with Crippen molar-refractivity contribution < 1.29 is 4.74 Å². The largest absolute Gasteiger partial charge is 0.496 e. The molecule has 0 radical (unpaired) electrons. The molecule has 1 aromatic rings. The molecule has 1 atom stereocenters. The first-order chi connectivity index (χ1) is 9.19. The Morgan fingerprint density at radius 3 is 2.89 bits per heavy atom. The van der Waals surface area contributed by atoms with Gasteiger partial charge in [-0.2, -0.15) is 0 Å². The van der Waals surface area contributed by atoms with Crippen molar-refractivity contribution in [2.45, 2.75) is 32.9 Å². The molecule has 0 aliphatic carbocycles. The van der Waals surface area contributed by atoms with Gasteiger partial charge in [0.15, 0.2) is 0 Å². The highest BCUT2D eigenvalue weighted by Crippen LogP contribution is 2.20. The van der Waals surface area contributed by atoms with Gasteiger partial charge in [0.25, 0.3) is 0 Å². The van der Waals surface area contributed by atoms with Crippen LogP contribution in [-0.4, -0.2) is 37.7 Å². The zero-order chi connectivity index (χ0) is 13.7. The quantitative estimate of drug-likeness (QED) is 0.882. The Morgan fingerprint density at radius 2 is 2.16 bits per heavy atom. The maximum Gasteiger partial charge on any atom is 0.123 e. The third kappa shape index (κ3) is 4.22. The maximum absolute atomic E-state index is 5.44. The predicted octanol–water partition coefficient (Wildman–Crippen LogP) is 2.52. The van der Waals surface area contributed by atoms with Crippen LogP contribution in [0.15, 0.2) is 24.3 Å². The highest BCUT2D eigenvalue weighted by Gasteiger charge is 2.20. The number of piperazine rings is 1. The normalized spacial score (nSPS) is 20.7. The van der Waals surface area contributed by atoms with Crippen molar-refractivity contribution in [3.8, 4) is 5.75 Å². The third-order valence-corrected chi connectivity index (χ3v) is 3.68. The van der Waals surface area contributed by atoms with Crippen molar-refractivity contribution in [2.75, 3.05) is 26.7 Å². The highest BCUT2D eigenvalue weighted by atomic mass is 16.5. The second-order valence-corrected chi connectivity index (χ2v) is 5.83. The topological polar surface area (TPSA) is 24.5 Å². The molecule has 106 valence electrons. The number of nitrogens with zero attached hydrogens (tertiary/aromatic N) is 1. The van der Waals surface area contributed by atoms with Gasteiger partial charge in [0, 0.05) is 37.8 Å². The van der Waals surface area contributed by atoms with Crippen LogP contribution < -0.4 is 10.1 Å². The van der Waals surface area contributed by atoms with Crippen molar-refractivity contribution in [1.82, 2.24) is 10.2 Å². The van der Waals surface area contributed by atoms with E-state index in [0.717, 1.165) is 37.8 Å². The lowest BCUT2D eigenvalue weighted by molar-refractivity contribution is 0.178. The Bertz CT molecular complexity index is 392. The first-order valence-corrected chi connectivity index (χ1v) is 7.26. The molecule has 1 N–H and O–H groups in total. The molecule has 1 heterocycles. The monoisotopic (exact) mass is 262 g/mol. The fourth-order valence-electron chi connectivity index (χ4n) is 2.84. The van der Waals surface area contributed by atoms with E-state index in [1.807, 2.05) is 12.1 Å². The smallest absolute Gasteiger partial charge is 0.123 e. The van der Waals surface area contributed by atoms with Crippen molar-refractivity contribution in [1.29, 1.82) is 0 Å². The molecule has 0 amide bonds. The van der Waals surface area contributed by atoms with E-state index in [9.17, 15) is 0 Å². The molecular formula is C16H26N2O.